The van der Waals surface area contributed by atoms with Crippen LogP contribution in [0.3, 0.4) is 0 Å². The monoisotopic (exact) mass is 258 g/mol. The molecular formula is C12H16F2N2O2. The van der Waals surface area contributed by atoms with Crippen molar-refractivity contribution in [3.8, 4) is 5.75 Å². The molecule has 0 saturated heterocycles. The number of carbonyl (C=O) groups is 1. The van der Waals surface area contributed by atoms with E-state index in [2.05, 4.69) is 5.32 Å². The number of halogens is 2. The minimum absolute atomic E-state index is 0.106. The van der Waals surface area contributed by atoms with Crippen LogP contribution in [0.2, 0.25) is 0 Å². The highest BCUT2D eigenvalue weighted by Crippen LogP contribution is 2.14. The first kappa shape index (κ1) is 14.4. The molecule has 1 amide bonds. The van der Waals surface area contributed by atoms with Crippen molar-refractivity contribution in [2.24, 2.45) is 0 Å². The van der Waals surface area contributed by atoms with E-state index in [1.807, 2.05) is 0 Å². The van der Waals surface area contributed by atoms with Gasteiger partial charge >= 0.3 is 0 Å². The molecule has 1 N–H and O–H groups in total. The number of nitrogens with one attached hydrogen (secondary N) is 1. The van der Waals surface area contributed by atoms with Crippen molar-refractivity contribution in [1.82, 2.24) is 10.2 Å². The van der Waals surface area contributed by atoms with Crippen LogP contribution in [-0.4, -0.2) is 44.6 Å². The van der Waals surface area contributed by atoms with Crippen molar-refractivity contribution in [3.63, 3.8) is 0 Å². The molecule has 0 heterocycles. The number of amides is 1. The lowest BCUT2D eigenvalue weighted by molar-refractivity contribution is -0.121. The summed E-state index contributed by atoms with van der Waals surface area (Å²) >= 11 is 0. The quantitative estimate of drug-likeness (QED) is 0.775. The Labute approximate surface area is 105 Å². The Bertz CT molecular complexity index is 391. The fraction of sp³-hybridized carbons (Fsp3) is 0.417. The van der Waals surface area contributed by atoms with E-state index in [1.54, 1.807) is 19.0 Å². The van der Waals surface area contributed by atoms with E-state index in [-0.39, 0.29) is 31.4 Å². The van der Waals surface area contributed by atoms with E-state index < -0.39 is 11.6 Å². The summed E-state index contributed by atoms with van der Waals surface area (Å²) in [6, 6.07) is 2.95. The highest BCUT2D eigenvalue weighted by Gasteiger charge is 2.03. The number of ether oxygens (including phenoxy) is 1. The van der Waals surface area contributed by atoms with Gasteiger partial charge in [-0.15, -0.1) is 0 Å². The molecule has 100 valence electrons. The van der Waals surface area contributed by atoms with Gasteiger partial charge in [-0.3, -0.25) is 4.79 Å². The van der Waals surface area contributed by atoms with E-state index in [0.29, 0.717) is 0 Å². The van der Waals surface area contributed by atoms with Gasteiger partial charge in [-0.25, -0.2) is 8.78 Å². The third-order valence-electron chi connectivity index (χ3n) is 1.99. The number of rotatable bonds is 6. The Hall–Kier alpha value is -1.69. The van der Waals surface area contributed by atoms with Crippen molar-refractivity contribution in [2.75, 3.05) is 33.8 Å². The van der Waals surface area contributed by atoms with Gasteiger partial charge in [-0.05, 0) is 14.1 Å². The van der Waals surface area contributed by atoms with Crippen LogP contribution in [0.5, 0.6) is 5.75 Å². The number of hydrogen-bond donors (Lipinski definition) is 1. The molecule has 18 heavy (non-hydrogen) atoms. The molecule has 0 fully saturated rings. The van der Waals surface area contributed by atoms with Crippen LogP contribution in [0, 0.1) is 11.6 Å². The molecule has 0 atom stereocenters. The minimum Gasteiger partial charge on any atom is -0.492 e. The molecule has 0 unspecified atom stereocenters. The molecule has 1 rings (SSSR count). The van der Waals surface area contributed by atoms with Crippen molar-refractivity contribution in [1.29, 1.82) is 0 Å². The maximum atomic E-state index is 12.8. The molecule has 0 aliphatic heterocycles. The first-order chi connectivity index (χ1) is 8.47. The molecule has 1 aromatic carbocycles. The van der Waals surface area contributed by atoms with Crippen molar-refractivity contribution in [2.45, 2.75) is 0 Å². The van der Waals surface area contributed by atoms with E-state index >= 15 is 0 Å². The smallest absolute Gasteiger partial charge is 0.234 e. The second kappa shape index (κ2) is 6.90. The van der Waals surface area contributed by atoms with Gasteiger partial charge in [0.2, 0.25) is 5.91 Å². The SMILES string of the molecule is CN(C)CC(=O)NCCOc1cc(F)cc(F)c1. The van der Waals surface area contributed by atoms with Crippen LogP contribution in [0.1, 0.15) is 0 Å². The van der Waals surface area contributed by atoms with Crippen LogP contribution in [-0.2, 0) is 4.79 Å². The van der Waals surface area contributed by atoms with Crippen LogP contribution >= 0.6 is 0 Å². The number of benzene rings is 1. The molecule has 0 bridgehead atoms. The maximum Gasteiger partial charge on any atom is 0.234 e. The lowest BCUT2D eigenvalue weighted by Gasteiger charge is -2.10. The summed E-state index contributed by atoms with van der Waals surface area (Å²) in [6.45, 7) is 0.724. The standard InChI is InChI=1S/C12H16F2N2O2/c1-16(2)8-12(17)15-3-4-18-11-6-9(13)5-10(14)7-11/h5-7H,3-4,8H2,1-2H3,(H,15,17). The van der Waals surface area contributed by atoms with Crippen LogP contribution in [0.25, 0.3) is 0 Å². The number of hydrogen-bond acceptors (Lipinski definition) is 3. The summed E-state index contributed by atoms with van der Waals surface area (Å²) in [7, 11) is 3.57. The number of nitrogens with zero attached hydrogens (tertiary/aromatic N) is 1. The molecular weight excluding hydrogens is 242 g/mol. The topological polar surface area (TPSA) is 41.6 Å². The van der Waals surface area contributed by atoms with Gasteiger partial charge in [0.15, 0.2) is 0 Å². The summed E-state index contributed by atoms with van der Waals surface area (Å²) in [4.78, 5) is 13.0. The maximum absolute atomic E-state index is 12.8. The van der Waals surface area contributed by atoms with E-state index in [4.69, 9.17) is 4.74 Å². The lowest BCUT2D eigenvalue weighted by Crippen LogP contribution is -2.35. The highest BCUT2D eigenvalue weighted by molar-refractivity contribution is 5.77. The highest BCUT2D eigenvalue weighted by atomic mass is 19.1. The van der Waals surface area contributed by atoms with Gasteiger partial charge in [-0.1, -0.05) is 0 Å². The molecule has 0 aromatic heterocycles. The summed E-state index contributed by atoms with van der Waals surface area (Å²) in [5.74, 6) is -1.41. The van der Waals surface area contributed by atoms with Gasteiger partial charge < -0.3 is 15.0 Å². The van der Waals surface area contributed by atoms with Crippen molar-refractivity contribution >= 4 is 5.91 Å². The van der Waals surface area contributed by atoms with Crippen molar-refractivity contribution in [3.05, 3.63) is 29.8 Å². The molecule has 0 radical (unpaired) electrons. The lowest BCUT2D eigenvalue weighted by atomic mass is 10.3. The average molecular weight is 258 g/mol. The second-order valence-electron chi connectivity index (χ2n) is 4.04. The van der Waals surface area contributed by atoms with E-state index in [1.165, 1.54) is 0 Å². The largest absolute Gasteiger partial charge is 0.492 e. The second-order valence-corrected chi connectivity index (χ2v) is 4.04. The van der Waals surface area contributed by atoms with Gasteiger partial charge in [0.1, 0.15) is 24.0 Å². The molecule has 1 aromatic rings. The normalized spacial score (nSPS) is 10.5. The Kier molecular flexibility index (Phi) is 5.51. The van der Waals surface area contributed by atoms with E-state index in [9.17, 15) is 13.6 Å². The number of likely N-dealkylation sites (N-methyl/N-ethyl adjacent to an activating group) is 1. The molecule has 0 aliphatic carbocycles. The summed E-state index contributed by atoms with van der Waals surface area (Å²) < 4.78 is 30.7. The van der Waals surface area contributed by atoms with Gasteiger partial charge in [0, 0.05) is 18.2 Å². The minimum atomic E-state index is -0.693. The molecule has 0 aliphatic rings. The molecule has 0 spiro atoms. The summed E-state index contributed by atoms with van der Waals surface area (Å²) in [5.41, 5.74) is 0. The Morgan fingerprint density at radius 1 is 1.28 bits per heavy atom. The third-order valence-corrected chi connectivity index (χ3v) is 1.99. The Morgan fingerprint density at radius 2 is 1.89 bits per heavy atom. The zero-order valence-electron chi connectivity index (χ0n) is 10.4. The average Bonchev–Trinajstić information content (AvgIpc) is 2.22. The van der Waals surface area contributed by atoms with Gasteiger partial charge in [0.25, 0.3) is 0 Å². The number of carbonyl (C=O) groups excluding carboxylic acids is 1. The third kappa shape index (κ3) is 5.58. The van der Waals surface area contributed by atoms with Gasteiger partial charge in [-0.2, -0.15) is 0 Å². The van der Waals surface area contributed by atoms with Crippen LogP contribution in [0.4, 0.5) is 8.78 Å². The summed E-state index contributed by atoms with van der Waals surface area (Å²) in [5, 5.41) is 2.62. The predicted molar refractivity (Wildman–Crippen MR) is 63.4 cm³/mol. The summed E-state index contributed by atoms with van der Waals surface area (Å²) in [6.07, 6.45) is 0. The van der Waals surface area contributed by atoms with Gasteiger partial charge in [0.05, 0.1) is 13.1 Å². The molecule has 0 saturated carbocycles. The first-order valence-electron chi connectivity index (χ1n) is 5.47. The Balaban J connectivity index is 2.27. The van der Waals surface area contributed by atoms with Crippen LogP contribution in [0.15, 0.2) is 18.2 Å². The van der Waals surface area contributed by atoms with Crippen LogP contribution < -0.4 is 10.1 Å². The fourth-order valence-corrected chi connectivity index (χ4v) is 1.31. The first-order valence-corrected chi connectivity index (χ1v) is 5.47. The molecule has 6 heteroatoms. The Morgan fingerprint density at radius 3 is 2.44 bits per heavy atom. The zero-order valence-corrected chi connectivity index (χ0v) is 10.4. The fourth-order valence-electron chi connectivity index (χ4n) is 1.31. The predicted octanol–water partition coefficient (Wildman–Crippen LogP) is 1.02. The van der Waals surface area contributed by atoms with E-state index in [0.717, 1.165) is 18.2 Å². The van der Waals surface area contributed by atoms with Crippen molar-refractivity contribution < 1.29 is 18.3 Å². The zero-order chi connectivity index (χ0) is 13.5. The molecule has 4 nitrogen and oxygen atoms in total.